The lowest BCUT2D eigenvalue weighted by atomic mass is 9.47. The Balaban J connectivity index is 1.13. The van der Waals surface area contributed by atoms with Crippen LogP contribution in [-0.4, -0.2) is 53.6 Å². The van der Waals surface area contributed by atoms with Gasteiger partial charge in [0.15, 0.2) is 18.5 Å². The summed E-state index contributed by atoms with van der Waals surface area (Å²) in [4.78, 5) is 25.6. The lowest BCUT2D eigenvalue weighted by molar-refractivity contribution is -0.260. The molecule has 284 valence electrons. The number of esters is 2. The maximum absolute atomic E-state index is 13.1. The molecule has 4 aliphatic carbocycles. The fraction of sp³-hybridized carbons (Fsp3) is 0.773. The van der Waals surface area contributed by atoms with Gasteiger partial charge in [0.2, 0.25) is 0 Å². The standard InChI is InChI=1S/C44H66O6S/c1-9-51-40-39(48-30(6)45)38(50-41(46)31-16-11-10-12-17-31)29(5)47-42(40)49-33-22-24-43(7)32(26-33)18-19-34-36-21-20-35(28(4)15-13-14-27(2)3)44(36,8)25-23-37(34)43/h10-12,16-18,27-29,33-40,42H,9,13-15,19-26H2,1-8H3/t28-,29+,33+,34+,35-,36+,37+,38+,39-,40+,42-,43+,44-/m1/s1. The number of thioether (sulfide) groups is 1. The molecule has 1 aromatic carbocycles. The van der Waals surface area contributed by atoms with Crippen molar-refractivity contribution in [3.8, 4) is 0 Å². The highest BCUT2D eigenvalue weighted by molar-refractivity contribution is 7.99. The normalized spacial score (nSPS) is 39.7. The summed E-state index contributed by atoms with van der Waals surface area (Å²) in [6.45, 7) is 17.9. The van der Waals surface area contributed by atoms with Gasteiger partial charge in [-0.05, 0) is 123 Å². The zero-order chi connectivity index (χ0) is 36.5. The Hall–Kier alpha value is -1.83. The van der Waals surface area contributed by atoms with Crippen LogP contribution in [0.15, 0.2) is 42.0 Å². The molecule has 7 heteroatoms. The molecule has 1 saturated heterocycles. The van der Waals surface area contributed by atoms with Gasteiger partial charge in [-0.15, -0.1) is 11.8 Å². The van der Waals surface area contributed by atoms with Crippen LogP contribution in [0, 0.1) is 46.3 Å². The largest absolute Gasteiger partial charge is 0.457 e. The number of rotatable bonds is 12. The number of carbonyl (C=O) groups is 2. The molecule has 0 N–H and O–H groups in total. The van der Waals surface area contributed by atoms with E-state index in [9.17, 15) is 9.59 Å². The molecule has 4 fully saturated rings. The second-order valence-electron chi connectivity index (χ2n) is 17.7. The SMILES string of the molecule is CCS[C@@H]1[C@@H](O[C@H]2CC[C@@]3(C)C(=CC[C@H]4[C@@H]5CC[C@H]([C@H](C)CCCC(C)C)[C@@]5(C)CC[C@@H]43)C2)O[C@@H](C)[C@H](OC(=O)c2ccccc2)[C@H]1OC(C)=O. The summed E-state index contributed by atoms with van der Waals surface area (Å²) in [5.41, 5.74) is 2.78. The van der Waals surface area contributed by atoms with Gasteiger partial charge < -0.3 is 18.9 Å². The zero-order valence-electron chi connectivity index (χ0n) is 32.7. The van der Waals surface area contributed by atoms with Crippen LogP contribution >= 0.6 is 11.8 Å². The maximum Gasteiger partial charge on any atom is 0.338 e. The van der Waals surface area contributed by atoms with Gasteiger partial charge >= 0.3 is 11.9 Å². The number of benzene rings is 1. The second-order valence-corrected chi connectivity index (χ2v) is 19.2. The first-order chi connectivity index (χ1) is 24.4. The summed E-state index contributed by atoms with van der Waals surface area (Å²) >= 11 is 1.65. The molecule has 0 radical (unpaired) electrons. The fourth-order valence-corrected chi connectivity index (χ4v) is 12.7. The van der Waals surface area contributed by atoms with E-state index in [4.69, 9.17) is 18.9 Å². The minimum atomic E-state index is -0.742. The highest BCUT2D eigenvalue weighted by Gasteiger charge is 2.59. The number of allylic oxidation sites excluding steroid dienone is 1. The van der Waals surface area contributed by atoms with Crippen molar-refractivity contribution in [1.29, 1.82) is 0 Å². The Labute approximate surface area is 312 Å². The highest BCUT2D eigenvalue weighted by Crippen LogP contribution is 2.67. The van der Waals surface area contributed by atoms with Gasteiger partial charge in [-0.3, -0.25) is 4.79 Å². The van der Waals surface area contributed by atoms with E-state index in [1.165, 1.54) is 58.3 Å². The van der Waals surface area contributed by atoms with Crippen molar-refractivity contribution < 1.29 is 28.5 Å². The predicted molar refractivity (Wildman–Crippen MR) is 205 cm³/mol. The minimum absolute atomic E-state index is 0.0378. The molecule has 0 bridgehead atoms. The summed E-state index contributed by atoms with van der Waals surface area (Å²) in [5, 5.41) is -0.319. The Morgan fingerprint density at radius 3 is 2.43 bits per heavy atom. The summed E-state index contributed by atoms with van der Waals surface area (Å²) < 4.78 is 25.4. The van der Waals surface area contributed by atoms with E-state index >= 15 is 0 Å². The van der Waals surface area contributed by atoms with Crippen molar-refractivity contribution in [2.24, 2.45) is 46.3 Å². The average Bonchev–Trinajstić information content (AvgIpc) is 3.45. The lowest BCUT2D eigenvalue weighted by Crippen LogP contribution is -2.59. The molecular weight excluding hydrogens is 657 g/mol. The predicted octanol–water partition coefficient (Wildman–Crippen LogP) is 10.4. The van der Waals surface area contributed by atoms with Crippen molar-refractivity contribution >= 4 is 23.7 Å². The first kappa shape index (κ1) is 38.9. The molecule has 0 amide bonds. The van der Waals surface area contributed by atoms with Gasteiger partial charge in [0.1, 0.15) is 0 Å². The quantitative estimate of drug-likeness (QED) is 0.157. The first-order valence-corrected chi connectivity index (χ1v) is 21.5. The molecular formula is C44H66O6S. The summed E-state index contributed by atoms with van der Waals surface area (Å²) in [5.74, 6) is 4.86. The number of carbonyl (C=O) groups excluding carboxylic acids is 2. The number of ether oxygens (including phenoxy) is 4. The summed E-state index contributed by atoms with van der Waals surface area (Å²) in [6.07, 6.45) is 14.2. The van der Waals surface area contributed by atoms with Crippen LogP contribution in [0.2, 0.25) is 0 Å². The smallest absolute Gasteiger partial charge is 0.338 e. The van der Waals surface area contributed by atoms with Crippen molar-refractivity contribution in [2.75, 3.05) is 5.75 Å². The molecule has 6 nitrogen and oxygen atoms in total. The highest BCUT2D eigenvalue weighted by atomic mass is 32.2. The molecule has 0 aromatic heterocycles. The first-order valence-electron chi connectivity index (χ1n) is 20.4. The average molecular weight is 723 g/mol. The van der Waals surface area contributed by atoms with E-state index in [0.717, 1.165) is 60.5 Å². The molecule has 1 aliphatic heterocycles. The van der Waals surface area contributed by atoms with Crippen LogP contribution < -0.4 is 0 Å². The molecule has 0 unspecified atom stereocenters. The van der Waals surface area contributed by atoms with Crippen LogP contribution in [0.1, 0.15) is 136 Å². The molecule has 51 heavy (non-hydrogen) atoms. The van der Waals surface area contributed by atoms with Gasteiger partial charge in [0.25, 0.3) is 0 Å². The third-order valence-corrected chi connectivity index (χ3v) is 15.4. The van der Waals surface area contributed by atoms with Crippen LogP contribution in [0.4, 0.5) is 0 Å². The van der Waals surface area contributed by atoms with E-state index in [1.807, 2.05) is 25.1 Å². The molecule has 1 heterocycles. The second kappa shape index (κ2) is 16.3. The Bertz CT molecular complexity index is 1380. The van der Waals surface area contributed by atoms with E-state index in [1.54, 1.807) is 29.5 Å². The van der Waals surface area contributed by atoms with E-state index in [0.29, 0.717) is 11.0 Å². The van der Waals surface area contributed by atoms with Crippen molar-refractivity contribution in [3.05, 3.63) is 47.5 Å². The topological polar surface area (TPSA) is 71.1 Å². The number of hydrogen-bond donors (Lipinski definition) is 0. The molecule has 1 aromatic rings. The molecule has 0 spiro atoms. The van der Waals surface area contributed by atoms with Crippen molar-refractivity contribution in [3.63, 3.8) is 0 Å². The molecule has 3 saturated carbocycles. The van der Waals surface area contributed by atoms with Gasteiger partial charge in [0.05, 0.1) is 23.0 Å². The Morgan fingerprint density at radius 2 is 1.73 bits per heavy atom. The fourth-order valence-electron chi connectivity index (χ4n) is 11.7. The Kier molecular flexibility index (Phi) is 12.4. The van der Waals surface area contributed by atoms with Gasteiger partial charge in [-0.25, -0.2) is 4.79 Å². The van der Waals surface area contributed by atoms with E-state index < -0.39 is 36.5 Å². The van der Waals surface area contributed by atoms with Crippen LogP contribution in [0.3, 0.4) is 0 Å². The molecule has 6 rings (SSSR count). The van der Waals surface area contributed by atoms with Crippen molar-refractivity contribution in [2.45, 2.75) is 162 Å². The van der Waals surface area contributed by atoms with E-state index in [-0.39, 0.29) is 16.8 Å². The third kappa shape index (κ3) is 8.02. The van der Waals surface area contributed by atoms with Gasteiger partial charge in [-0.1, -0.05) is 90.7 Å². The number of hydrogen-bond acceptors (Lipinski definition) is 7. The zero-order valence-corrected chi connectivity index (χ0v) is 33.6. The minimum Gasteiger partial charge on any atom is -0.457 e. The summed E-state index contributed by atoms with van der Waals surface area (Å²) in [7, 11) is 0. The molecule has 5 aliphatic rings. The maximum atomic E-state index is 13.1. The summed E-state index contributed by atoms with van der Waals surface area (Å²) in [6, 6.07) is 8.94. The van der Waals surface area contributed by atoms with Crippen molar-refractivity contribution in [1.82, 2.24) is 0 Å². The van der Waals surface area contributed by atoms with Crippen LogP contribution in [-0.2, 0) is 23.7 Å². The van der Waals surface area contributed by atoms with Crippen LogP contribution in [0.5, 0.6) is 0 Å². The Morgan fingerprint density at radius 1 is 0.961 bits per heavy atom. The van der Waals surface area contributed by atoms with Gasteiger partial charge in [0, 0.05) is 6.92 Å². The third-order valence-electron chi connectivity index (χ3n) is 14.2. The number of fused-ring (bicyclic) bond motifs is 5. The van der Waals surface area contributed by atoms with Crippen LogP contribution in [0.25, 0.3) is 0 Å². The van der Waals surface area contributed by atoms with Gasteiger partial charge in [-0.2, -0.15) is 0 Å². The molecule has 13 atom stereocenters. The van der Waals surface area contributed by atoms with E-state index in [2.05, 4.69) is 47.6 Å². The monoisotopic (exact) mass is 722 g/mol. The lowest BCUT2D eigenvalue weighted by Gasteiger charge is -2.58.